The van der Waals surface area contributed by atoms with Crippen LogP contribution in [0.25, 0.3) is 0 Å². The van der Waals surface area contributed by atoms with Crippen molar-refractivity contribution < 1.29 is 4.79 Å². The van der Waals surface area contributed by atoms with Crippen molar-refractivity contribution in [3.63, 3.8) is 0 Å². The molecule has 7 heteroatoms. The van der Waals surface area contributed by atoms with Crippen LogP contribution >= 0.6 is 0 Å². The van der Waals surface area contributed by atoms with E-state index in [2.05, 4.69) is 22.4 Å². The maximum Gasteiger partial charge on any atom is 0.244 e. The van der Waals surface area contributed by atoms with Crippen LogP contribution in [0.2, 0.25) is 0 Å². The first-order valence-electron chi connectivity index (χ1n) is 5.41. The van der Waals surface area contributed by atoms with Crippen molar-refractivity contribution >= 4 is 5.91 Å². The average Bonchev–Trinajstić information content (AvgIpc) is 2.74. The summed E-state index contributed by atoms with van der Waals surface area (Å²) in [7, 11) is 0. The number of aromatic nitrogens is 4. The van der Waals surface area contributed by atoms with E-state index in [0.717, 1.165) is 19.5 Å². The number of nitrogens with two attached hydrogens (primary N) is 1. The van der Waals surface area contributed by atoms with Gasteiger partial charge >= 0.3 is 0 Å². The van der Waals surface area contributed by atoms with E-state index in [4.69, 9.17) is 5.73 Å². The number of carbonyl (C=O) groups is 1. The van der Waals surface area contributed by atoms with Crippen molar-refractivity contribution in [3.8, 4) is 0 Å². The normalized spacial score (nSPS) is 25.8. The third-order valence-corrected chi connectivity index (χ3v) is 3.01. The molecule has 0 saturated carbocycles. The molecule has 0 radical (unpaired) electrons. The summed E-state index contributed by atoms with van der Waals surface area (Å²) in [4.78, 5) is 13.7. The lowest BCUT2D eigenvalue weighted by atomic mass is 9.95. The first-order chi connectivity index (χ1) is 7.66. The van der Waals surface area contributed by atoms with Gasteiger partial charge in [-0.1, -0.05) is 6.92 Å². The number of rotatable bonds is 2. The molecular formula is C9H16N6O. The number of amides is 1. The zero-order chi connectivity index (χ0) is 11.5. The zero-order valence-electron chi connectivity index (χ0n) is 9.28. The Balaban J connectivity index is 1.90. The van der Waals surface area contributed by atoms with Gasteiger partial charge in [0.15, 0.2) is 0 Å². The molecule has 2 rings (SSSR count). The SMILES string of the molecule is CC1CN(C(=O)Cn2cnnn2)CCC1N. The summed E-state index contributed by atoms with van der Waals surface area (Å²) in [5, 5.41) is 10.6. The first kappa shape index (κ1) is 11.0. The van der Waals surface area contributed by atoms with Crippen LogP contribution in [0.5, 0.6) is 0 Å². The van der Waals surface area contributed by atoms with Gasteiger partial charge in [-0.05, 0) is 22.8 Å². The number of tetrazole rings is 1. The van der Waals surface area contributed by atoms with Gasteiger partial charge in [-0.25, -0.2) is 4.68 Å². The Kier molecular flexibility index (Phi) is 3.14. The topological polar surface area (TPSA) is 89.9 Å². The van der Waals surface area contributed by atoms with Gasteiger partial charge in [0, 0.05) is 19.1 Å². The van der Waals surface area contributed by atoms with Gasteiger partial charge in [0.1, 0.15) is 12.9 Å². The molecule has 1 aliphatic rings. The molecule has 1 aromatic rings. The van der Waals surface area contributed by atoms with E-state index >= 15 is 0 Å². The lowest BCUT2D eigenvalue weighted by molar-refractivity contribution is -0.134. The quantitative estimate of drug-likeness (QED) is 0.686. The molecule has 2 N–H and O–H groups in total. The Bertz CT molecular complexity index is 351. The maximum atomic E-state index is 11.9. The van der Waals surface area contributed by atoms with E-state index in [-0.39, 0.29) is 18.5 Å². The van der Waals surface area contributed by atoms with Crippen molar-refractivity contribution in [2.24, 2.45) is 11.7 Å². The van der Waals surface area contributed by atoms with Crippen molar-refractivity contribution in [1.29, 1.82) is 0 Å². The molecule has 0 spiro atoms. The van der Waals surface area contributed by atoms with E-state index in [1.807, 2.05) is 4.90 Å². The third kappa shape index (κ3) is 2.35. The molecule has 1 fully saturated rings. The summed E-state index contributed by atoms with van der Waals surface area (Å²) < 4.78 is 1.43. The summed E-state index contributed by atoms with van der Waals surface area (Å²) in [5.74, 6) is 0.401. The molecule has 1 aliphatic heterocycles. The molecule has 0 aromatic carbocycles. The maximum absolute atomic E-state index is 11.9. The molecule has 16 heavy (non-hydrogen) atoms. The molecule has 2 heterocycles. The average molecular weight is 224 g/mol. The van der Waals surface area contributed by atoms with Crippen molar-refractivity contribution in [3.05, 3.63) is 6.33 Å². The number of nitrogens with zero attached hydrogens (tertiary/aromatic N) is 5. The fraction of sp³-hybridized carbons (Fsp3) is 0.778. The van der Waals surface area contributed by atoms with Crippen LogP contribution in [0.15, 0.2) is 6.33 Å². The van der Waals surface area contributed by atoms with Gasteiger partial charge in [-0.15, -0.1) is 5.10 Å². The highest BCUT2D eigenvalue weighted by Gasteiger charge is 2.26. The molecule has 2 atom stereocenters. The van der Waals surface area contributed by atoms with Crippen molar-refractivity contribution in [1.82, 2.24) is 25.1 Å². The zero-order valence-corrected chi connectivity index (χ0v) is 9.28. The van der Waals surface area contributed by atoms with Crippen LogP contribution in [0.4, 0.5) is 0 Å². The van der Waals surface area contributed by atoms with Crippen LogP contribution < -0.4 is 5.73 Å². The standard InChI is InChI=1S/C9H16N6O/c1-7-4-14(3-2-8(7)10)9(16)5-15-6-11-12-13-15/h6-8H,2-5,10H2,1H3. The number of hydrogen-bond acceptors (Lipinski definition) is 5. The van der Waals surface area contributed by atoms with E-state index in [1.54, 1.807) is 0 Å². The summed E-state index contributed by atoms with van der Waals surface area (Å²) in [6.45, 7) is 3.73. The molecule has 88 valence electrons. The summed E-state index contributed by atoms with van der Waals surface area (Å²) >= 11 is 0. The number of carbonyl (C=O) groups excluding carboxylic acids is 1. The van der Waals surface area contributed by atoms with Gasteiger partial charge in [0.25, 0.3) is 0 Å². The fourth-order valence-electron chi connectivity index (χ4n) is 1.88. The van der Waals surface area contributed by atoms with Crippen LogP contribution in [-0.4, -0.2) is 50.1 Å². The minimum Gasteiger partial charge on any atom is -0.341 e. The molecule has 1 saturated heterocycles. The van der Waals surface area contributed by atoms with Crippen LogP contribution in [0.3, 0.4) is 0 Å². The molecule has 1 amide bonds. The Morgan fingerprint density at radius 3 is 3.06 bits per heavy atom. The third-order valence-electron chi connectivity index (χ3n) is 3.01. The van der Waals surface area contributed by atoms with E-state index in [1.165, 1.54) is 11.0 Å². The molecule has 1 aromatic heterocycles. The number of hydrogen-bond donors (Lipinski definition) is 1. The second-order valence-corrected chi connectivity index (χ2v) is 4.28. The minimum absolute atomic E-state index is 0.0473. The van der Waals surface area contributed by atoms with E-state index in [9.17, 15) is 4.79 Å². The smallest absolute Gasteiger partial charge is 0.244 e. The van der Waals surface area contributed by atoms with Crippen molar-refractivity contribution in [2.45, 2.75) is 25.9 Å². The highest BCUT2D eigenvalue weighted by atomic mass is 16.2. The van der Waals surface area contributed by atoms with Gasteiger partial charge in [-0.3, -0.25) is 4.79 Å². The summed E-state index contributed by atoms with van der Waals surface area (Å²) in [6.07, 6.45) is 2.31. The van der Waals surface area contributed by atoms with E-state index < -0.39 is 0 Å². The second-order valence-electron chi connectivity index (χ2n) is 4.28. The fourth-order valence-corrected chi connectivity index (χ4v) is 1.88. The molecule has 0 bridgehead atoms. The largest absolute Gasteiger partial charge is 0.341 e. The Labute approximate surface area is 93.6 Å². The predicted molar refractivity (Wildman–Crippen MR) is 56.2 cm³/mol. The monoisotopic (exact) mass is 224 g/mol. The van der Waals surface area contributed by atoms with Gasteiger partial charge in [0.05, 0.1) is 0 Å². The molecular weight excluding hydrogens is 208 g/mol. The van der Waals surface area contributed by atoms with E-state index in [0.29, 0.717) is 5.92 Å². The van der Waals surface area contributed by atoms with Gasteiger partial charge < -0.3 is 10.6 Å². The Morgan fingerprint density at radius 1 is 1.62 bits per heavy atom. The number of piperidine rings is 1. The van der Waals surface area contributed by atoms with Crippen LogP contribution in [-0.2, 0) is 11.3 Å². The number of likely N-dealkylation sites (tertiary alicyclic amines) is 1. The minimum atomic E-state index is 0.0473. The van der Waals surface area contributed by atoms with Crippen molar-refractivity contribution in [2.75, 3.05) is 13.1 Å². The highest BCUT2D eigenvalue weighted by molar-refractivity contribution is 5.76. The predicted octanol–water partition coefficient (Wildman–Crippen LogP) is -1.13. The second kappa shape index (κ2) is 4.56. The Hall–Kier alpha value is -1.50. The first-order valence-corrected chi connectivity index (χ1v) is 5.41. The molecule has 0 aliphatic carbocycles. The van der Waals surface area contributed by atoms with Gasteiger partial charge in [-0.2, -0.15) is 0 Å². The summed E-state index contributed by atoms with van der Waals surface area (Å²) in [5.41, 5.74) is 5.90. The molecule has 2 unspecified atom stereocenters. The highest BCUT2D eigenvalue weighted by Crippen LogP contribution is 2.14. The van der Waals surface area contributed by atoms with Crippen LogP contribution in [0, 0.1) is 5.92 Å². The lowest BCUT2D eigenvalue weighted by Crippen LogP contribution is -2.49. The van der Waals surface area contributed by atoms with Crippen LogP contribution in [0.1, 0.15) is 13.3 Å². The lowest BCUT2D eigenvalue weighted by Gasteiger charge is -2.35. The summed E-state index contributed by atoms with van der Waals surface area (Å²) in [6, 6.07) is 0.206. The van der Waals surface area contributed by atoms with Gasteiger partial charge in [0.2, 0.25) is 5.91 Å². The molecule has 7 nitrogen and oxygen atoms in total. The Morgan fingerprint density at radius 2 is 2.44 bits per heavy atom.